The lowest BCUT2D eigenvalue weighted by atomic mass is 9.86. The smallest absolute Gasteiger partial charge is 0.0543 e. The van der Waals surface area contributed by atoms with Gasteiger partial charge < -0.3 is 5.32 Å². The number of hydrogen-bond acceptors (Lipinski definition) is 3. The summed E-state index contributed by atoms with van der Waals surface area (Å²) in [6.45, 7) is 13.3. The minimum absolute atomic E-state index is 0.318. The molecule has 0 aliphatic rings. The van der Waals surface area contributed by atoms with E-state index in [2.05, 4.69) is 62.1 Å². The van der Waals surface area contributed by atoms with Crippen LogP contribution in [0.3, 0.4) is 0 Å². The molecule has 20 heavy (non-hydrogen) atoms. The summed E-state index contributed by atoms with van der Waals surface area (Å²) < 4.78 is 0. The Labute approximate surface area is 124 Å². The average molecular weight is 277 g/mol. The van der Waals surface area contributed by atoms with Crippen molar-refractivity contribution in [2.45, 2.75) is 40.7 Å². The molecule has 0 saturated carbocycles. The Kier molecular flexibility index (Phi) is 7.17. The molecule has 0 bridgehead atoms. The quantitative estimate of drug-likeness (QED) is 0.751. The molecule has 114 valence electrons. The second kappa shape index (κ2) is 8.38. The summed E-state index contributed by atoms with van der Waals surface area (Å²) in [5, 5.41) is 3.60. The predicted octanol–water partition coefficient (Wildman–Crippen LogP) is 3.18. The lowest BCUT2D eigenvalue weighted by Gasteiger charge is -2.33. The van der Waals surface area contributed by atoms with E-state index in [1.807, 2.05) is 12.3 Å². The number of pyridine rings is 1. The standard InChI is InChI=1S/C17H31N3/c1-6-17(4,13-18-11-15(2)3)14-20(5)12-16-9-7-8-10-19-16/h7-10,15,18H,6,11-14H2,1-5H3. The van der Waals surface area contributed by atoms with Crippen molar-refractivity contribution in [2.75, 3.05) is 26.7 Å². The maximum Gasteiger partial charge on any atom is 0.0543 e. The Balaban J connectivity index is 2.45. The normalized spacial score (nSPS) is 14.8. The van der Waals surface area contributed by atoms with E-state index < -0.39 is 0 Å². The van der Waals surface area contributed by atoms with Crippen LogP contribution in [0.5, 0.6) is 0 Å². The average Bonchev–Trinajstić information content (AvgIpc) is 2.39. The molecule has 0 saturated heterocycles. The van der Waals surface area contributed by atoms with Crippen LogP contribution in [0.2, 0.25) is 0 Å². The van der Waals surface area contributed by atoms with Gasteiger partial charge in [0.05, 0.1) is 5.69 Å². The fourth-order valence-corrected chi connectivity index (χ4v) is 2.43. The second-order valence-corrected chi connectivity index (χ2v) is 6.68. The minimum atomic E-state index is 0.318. The molecule has 0 aromatic carbocycles. The first-order valence-electron chi connectivity index (χ1n) is 7.74. The van der Waals surface area contributed by atoms with Gasteiger partial charge in [0.1, 0.15) is 0 Å². The van der Waals surface area contributed by atoms with Crippen molar-refractivity contribution in [3.8, 4) is 0 Å². The van der Waals surface area contributed by atoms with Gasteiger partial charge in [-0.25, -0.2) is 0 Å². The zero-order valence-corrected chi connectivity index (χ0v) is 13.8. The van der Waals surface area contributed by atoms with E-state index in [4.69, 9.17) is 0 Å². The first kappa shape index (κ1) is 17.1. The molecule has 1 rings (SSSR count). The van der Waals surface area contributed by atoms with Gasteiger partial charge in [-0.15, -0.1) is 0 Å². The molecule has 0 amide bonds. The highest BCUT2D eigenvalue weighted by molar-refractivity contribution is 5.03. The Hall–Kier alpha value is -0.930. The Bertz CT molecular complexity index is 364. The third-order valence-electron chi connectivity index (χ3n) is 3.77. The van der Waals surface area contributed by atoms with Gasteiger partial charge in [0.15, 0.2) is 0 Å². The van der Waals surface area contributed by atoms with Crippen molar-refractivity contribution >= 4 is 0 Å². The molecular formula is C17H31N3. The predicted molar refractivity (Wildman–Crippen MR) is 86.7 cm³/mol. The molecule has 1 N–H and O–H groups in total. The lowest BCUT2D eigenvalue weighted by Crippen LogP contribution is -2.41. The van der Waals surface area contributed by atoms with Crippen molar-refractivity contribution in [3.63, 3.8) is 0 Å². The van der Waals surface area contributed by atoms with E-state index in [1.165, 1.54) is 6.42 Å². The van der Waals surface area contributed by atoms with Crippen molar-refractivity contribution in [1.29, 1.82) is 0 Å². The van der Waals surface area contributed by atoms with Crippen molar-refractivity contribution in [3.05, 3.63) is 30.1 Å². The lowest BCUT2D eigenvalue weighted by molar-refractivity contribution is 0.172. The first-order valence-corrected chi connectivity index (χ1v) is 7.74. The van der Waals surface area contributed by atoms with E-state index in [0.717, 1.165) is 31.9 Å². The molecule has 3 heteroatoms. The SMILES string of the molecule is CCC(C)(CNCC(C)C)CN(C)Cc1ccccn1. The van der Waals surface area contributed by atoms with E-state index >= 15 is 0 Å². The zero-order chi connectivity index (χ0) is 15.0. The maximum atomic E-state index is 4.40. The molecule has 0 radical (unpaired) electrons. The maximum absolute atomic E-state index is 4.40. The topological polar surface area (TPSA) is 28.2 Å². The molecule has 1 heterocycles. The first-order chi connectivity index (χ1) is 9.45. The summed E-state index contributed by atoms with van der Waals surface area (Å²) in [6, 6.07) is 6.12. The van der Waals surface area contributed by atoms with Gasteiger partial charge in [-0.05, 0) is 43.5 Å². The minimum Gasteiger partial charge on any atom is -0.316 e. The van der Waals surface area contributed by atoms with Gasteiger partial charge >= 0.3 is 0 Å². The molecule has 1 aromatic rings. The third-order valence-corrected chi connectivity index (χ3v) is 3.77. The van der Waals surface area contributed by atoms with Crippen LogP contribution in [0.1, 0.15) is 39.8 Å². The Morgan fingerprint density at radius 3 is 2.65 bits per heavy atom. The van der Waals surface area contributed by atoms with Crippen LogP contribution in [0.25, 0.3) is 0 Å². The summed E-state index contributed by atoms with van der Waals surface area (Å²) in [5.41, 5.74) is 1.46. The van der Waals surface area contributed by atoms with Crippen LogP contribution >= 0.6 is 0 Å². The largest absolute Gasteiger partial charge is 0.316 e. The van der Waals surface area contributed by atoms with E-state index in [9.17, 15) is 0 Å². The Morgan fingerprint density at radius 2 is 2.10 bits per heavy atom. The highest BCUT2D eigenvalue weighted by Crippen LogP contribution is 2.21. The van der Waals surface area contributed by atoms with E-state index in [0.29, 0.717) is 11.3 Å². The van der Waals surface area contributed by atoms with Crippen LogP contribution in [0, 0.1) is 11.3 Å². The highest BCUT2D eigenvalue weighted by atomic mass is 15.1. The van der Waals surface area contributed by atoms with Gasteiger partial charge in [-0.3, -0.25) is 9.88 Å². The molecule has 1 aromatic heterocycles. The number of aromatic nitrogens is 1. The third kappa shape index (κ3) is 6.49. The molecule has 0 fully saturated rings. The molecule has 0 aliphatic heterocycles. The van der Waals surface area contributed by atoms with Crippen LogP contribution in [0.15, 0.2) is 24.4 Å². The summed E-state index contributed by atoms with van der Waals surface area (Å²) in [5.74, 6) is 0.711. The molecule has 1 atom stereocenters. The van der Waals surface area contributed by atoms with Crippen molar-refractivity contribution in [2.24, 2.45) is 11.3 Å². The summed E-state index contributed by atoms with van der Waals surface area (Å²) in [4.78, 5) is 6.78. The molecule has 3 nitrogen and oxygen atoms in total. The number of nitrogens with one attached hydrogen (secondary N) is 1. The van der Waals surface area contributed by atoms with Gasteiger partial charge in [-0.2, -0.15) is 0 Å². The van der Waals surface area contributed by atoms with Gasteiger partial charge in [-0.1, -0.05) is 33.8 Å². The van der Waals surface area contributed by atoms with E-state index in [-0.39, 0.29) is 0 Å². The molecule has 0 aliphatic carbocycles. The van der Waals surface area contributed by atoms with Crippen molar-refractivity contribution < 1.29 is 0 Å². The number of hydrogen-bond donors (Lipinski definition) is 1. The van der Waals surface area contributed by atoms with E-state index in [1.54, 1.807) is 0 Å². The summed E-state index contributed by atoms with van der Waals surface area (Å²) in [7, 11) is 2.19. The highest BCUT2D eigenvalue weighted by Gasteiger charge is 2.23. The molecule has 0 spiro atoms. The van der Waals surface area contributed by atoms with Crippen LogP contribution < -0.4 is 5.32 Å². The number of nitrogens with zero attached hydrogens (tertiary/aromatic N) is 2. The van der Waals surface area contributed by atoms with Crippen LogP contribution in [-0.2, 0) is 6.54 Å². The van der Waals surface area contributed by atoms with Gasteiger partial charge in [0, 0.05) is 25.8 Å². The van der Waals surface area contributed by atoms with Crippen LogP contribution in [-0.4, -0.2) is 36.6 Å². The van der Waals surface area contributed by atoms with Gasteiger partial charge in [0.2, 0.25) is 0 Å². The number of rotatable bonds is 9. The van der Waals surface area contributed by atoms with Crippen molar-refractivity contribution in [1.82, 2.24) is 15.2 Å². The fraction of sp³-hybridized carbons (Fsp3) is 0.706. The summed E-state index contributed by atoms with van der Waals surface area (Å²) >= 11 is 0. The van der Waals surface area contributed by atoms with Crippen LogP contribution in [0.4, 0.5) is 0 Å². The Morgan fingerprint density at radius 1 is 1.35 bits per heavy atom. The summed E-state index contributed by atoms with van der Waals surface area (Å²) in [6.07, 6.45) is 3.05. The fourth-order valence-electron chi connectivity index (χ4n) is 2.43. The monoisotopic (exact) mass is 277 g/mol. The van der Waals surface area contributed by atoms with Gasteiger partial charge in [0.25, 0.3) is 0 Å². The second-order valence-electron chi connectivity index (χ2n) is 6.68. The molecule has 1 unspecified atom stereocenters. The zero-order valence-electron chi connectivity index (χ0n) is 13.8. The molecular weight excluding hydrogens is 246 g/mol.